The summed E-state index contributed by atoms with van der Waals surface area (Å²) in [5.74, 6) is 1.76. The number of nitrogens with one attached hydrogen (secondary N) is 1. The molecule has 2 heterocycles. The maximum atomic E-state index is 5.90. The van der Waals surface area contributed by atoms with Gasteiger partial charge in [-0.05, 0) is 36.2 Å². The Morgan fingerprint density at radius 1 is 1.21 bits per heavy atom. The summed E-state index contributed by atoms with van der Waals surface area (Å²) in [6.45, 7) is 9.14. The minimum Gasteiger partial charge on any atom is -0.497 e. The smallest absolute Gasteiger partial charge is 0.198 e. The van der Waals surface area contributed by atoms with Crippen LogP contribution in [0.25, 0.3) is 0 Å². The quantitative estimate of drug-likeness (QED) is 0.577. The highest BCUT2D eigenvalue weighted by atomic mass is 16.5. The Labute approximate surface area is 173 Å². The van der Waals surface area contributed by atoms with Crippen molar-refractivity contribution in [1.29, 1.82) is 0 Å². The van der Waals surface area contributed by atoms with Crippen molar-refractivity contribution in [1.82, 2.24) is 9.88 Å². The van der Waals surface area contributed by atoms with Gasteiger partial charge in [-0.2, -0.15) is 0 Å². The van der Waals surface area contributed by atoms with Crippen molar-refractivity contribution in [2.45, 2.75) is 13.8 Å². The van der Waals surface area contributed by atoms with Crippen LogP contribution in [0.5, 0.6) is 5.75 Å². The van der Waals surface area contributed by atoms with E-state index >= 15 is 0 Å². The van der Waals surface area contributed by atoms with Gasteiger partial charge in [-0.1, -0.05) is 19.9 Å². The van der Waals surface area contributed by atoms with Crippen molar-refractivity contribution >= 4 is 17.3 Å². The molecule has 0 saturated carbocycles. The fourth-order valence-electron chi connectivity index (χ4n) is 3.12. The minimum absolute atomic E-state index is 0.0374. The number of hydrogen-bond acceptors (Lipinski definition) is 5. The zero-order valence-corrected chi connectivity index (χ0v) is 17.6. The van der Waals surface area contributed by atoms with E-state index in [2.05, 4.69) is 46.1 Å². The van der Waals surface area contributed by atoms with E-state index in [4.69, 9.17) is 15.5 Å². The molecular formula is C22H32N6O. The van der Waals surface area contributed by atoms with E-state index in [-0.39, 0.29) is 5.41 Å². The maximum absolute atomic E-state index is 5.90. The highest BCUT2D eigenvalue weighted by Gasteiger charge is 2.22. The molecule has 0 amide bonds. The van der Waals surface area contributed by atoms with E-state index in [1.54, 1.807) is 13.3 Å². The lowest BCUT2D eigenvalue weighted by Gasteiger charge is -2.38. The van der Waals surface area contributed by atoms with Gasteiger partial charge in [-0.25, -0.2) is 0 Å². The highest BCUT2D eigenvalue weighted by molar-refractivity contribution is 5.93. The lowest BCUT2D eigenvalue weighted by atomic mass is 9.94. The monoisotopic (exact) mass is 396 g/mol. The van der Waals surface area contributed by atoms with Crippen molar-refractivity contribution in [2.75, 3.05) is 56.6 Å². The first-order chi connectivity index (χ1) is 14.0. The fraction of sp³-hybridized carbons (Fsp3) is 0.455. The van der Waals surface area contributed by atoms with Crippen LogP contribution in [0.2, 0.25) is 0 Å². The molecule has 0 aliphatic carbocycles. The van der Waals surface area contributed by atoms with Gasteiger partial charge in [0.25, 0.3) is 0 Å². The van der Waals surface area contributed by atoms with Gasteiger partial charge in [-0.15, -0.1) is 0 Å². The molecule has 7 heteroatoms. The zero-order chi connectivity index (χ0) is 20.7. The number of piperazine rings is 1. The van der Waals surface area contributed by atoms with Crippen LogP contribution in [0.4, 0.5) is 11.4 Å². The largest absolute Gasteiger partial charge is 0.497 e. The summed E-state index contributed by atoms with van der Waals surface area (Å²) < 4.78 is 5.36. The molecule has 0 radical (unpaired) electrons. The van der Waals surface area contributed by atoms with E-state index in [0.717, 1.165) is 43.6 Å². The summed E-state index contributed by atoms with van der Waals surface area (Å²) in [5.41, 5.74) is 7.99. The number of rotatable bonds is 6. The molecule has 3 rings (SSSR count). The van der Waals surface area contributed by atoms with E-state index in [1.165, 1.54) is 5.69 Å². The Morgan fingerprint density at radius 2 is 2.00 bits per heavy atom. The number of hydrogen-bond donors (Lipinski definition) is 2. The molecule has 7 nitrogen and oxygen atoms in total. The minimum atomic E-state index is -0.0374. The molecule has 2 aromatic rings. The van der Waals surface area contributed by atoms with Crippen LogP contribution >= 0.6 is 0 Å². The number of anilines is 2. The van der Waals surface area contributed by atoms with Crippen LogP contribution in [0.1, 0.15) is 13.8 Å². The summed E-state index contributed by atoms with van der Waals surface area (Å²) >= 11 is 0. The Kier molecular flexibility index (Phi) is 6.93. The fourth-order valence-corrected chi connectivity index (χ4v) is 3.12. The number of nitrogens with two attached hydrogens (primary N) is 1. The van der Waals surface area contributed by atoms with E-state index < -0.39 is 0 Å². The molecule has 1 saturated heterocycles. The lowest BCUT2D eigenvalue weighted by Crippen LogP contribution is -2.51. The first-order valence-corrected chi connectivity index (χ1v) is 10.1. The van der Waals surface area contributed by atoms with Crippen LogP contribution in [0.15, 0.2) is 53.8 Å². The Balaban J connectivity index is 1.70. The average molecular weight is 397 g/mol. The SMILES string of the molecule is COc1cccc(N2CCN(C(=NCC(C)(C)CN)Nc3cccnc3)CC2)c1. The van der Waals surface area contributed by atoms with E-state index in [9.17, 15) is 0 Å². The van der Waals surface area contributed by atoms with Crippen molar-refractivity contribution in [3.8, 4) is 5.75 Å². The first-order valence-electron chi connectivity index (χ1n) is 10.1. The molecule has 0 bridgehead atoms. The molecule has 1 aliphatic rings. The van der Waals surface area contributed by atoms with Gasteiger partial charge in [0.2, 0.25) is 0 Å². The Morgan fingerprint density at radius 3 is 2.66 bits per heavy atom. The molecular weight excluding hydrogens is 364 g/mol. The summed E-state index contributed by atoms with van der Waals surface area (Å²) in [4.78, 5) is 13.8. The van der Waals surface area contributed by atoms with Crippen LogP contribution < -0.4 is 20.7 Å². The first kappa shape index (κ1) is 20.9. The molecule has 0 atom stereocenters. The van der Waals surface area contributed by atoms with Crippen LogP contribution in [0, 0.1) is 5.41 Å². The van der Waals surface area contributed by atoms with Crippen LogP contribution in [-0.2, 0) is 0 Å². The van der Waals surface area contributed by atoms with Gasteiger partial charge in [0.1, 0.15) is 5.75 Å². The molecule has 1 aromatic carbocycles. The second-order valence-corrected chi connectivity index (χ2v) is 8.05. The lowest BCUT2D eigenvalue weighted by molar-refractivity contribution is 0.368. The van der Waals surface area contributed by atoms with Crippen molar-refractivity contribution in [3.05, 3.63) is 48.8 Å². The van der Waals surface area contributed by atoms with Gasteiger partial charge >= 0.3 is 0 Å². The molecule has 0 spiro atoms. The number of aliphatic imine (C=N–C) groups is 1. The second-order valence-electron chi connectivity index (χ2n) is 8.05. The molecule has 1 aromatic heterocycles. The molecule has 1 aliphatic heterocycles. The predicted octanol–water partition coefficient (Wildman–Crippen LogP) is 2.67. The summed E-state index contributed by atoms with van der Waals surface area (Å²) in [6, 6.07) is 12.1. The van der Waals surface area contributed by atoms with Crippen molar-refractivity contribution < 1.29 is 4.74 Å². The Hall–Kier alpha value is -2.80. The van der Waals surface area contributed by atoms with Gasteiger partial charge in [0, 0.05) is 50.7 Å². The third-order valence-electron chi connectivity index (χ3n) is 5.12. The average Bonchev–Trinajstić information content (AvgIpc) is 2.77. The summed E-state index contributed by atoms with van der Waals surface area (Å²) in [6.07, 6.45) is 3.59. The molecule has 156 valence electrons. The van der Waals surface area contributed by atoms with Gasteiger partial charge in [-0.3, -0.25) is 9.98 Å². The number of nitrogens with zero attached hydrogens (tertiary/aromatic N) is 4. The van der Waals surface area contributed by atoms with E-state index in [0.29, 0.717) is 13.1 Å². The van der Waals surface area contributed by atoms with Crippen LogP contribution in [-0.4, -0.2) is 62.2 Å². The van der Waals surface area contributed by atoms with Gasteiger partial charge in [0.05, 0.1) is 19.0 Å². The maximum Gasteiger partial charge on any atom is 0.198 e. The predicted molar refractivity (Wildman–Crippen MR) is 120 cm³/mol. The molecule has 1 fully saturated rings. The van der Waals surface area contributed by atoms with Crippen LogP contribution in [0.3, 0.4) is 0 Å². The number of methoxy groups -OCH3 is 1. The third-order valence-corrected chi connectivity index (χ3v) is 5.12. The second kappa shape index (κ2) is 9.60. The van der Waals surface area contributed by atoms with Gasteiger partial charge < -0.3 is 25.6 Å². The number of ether oxygens (including phenoxy) is 1. The van der Waals surface area contributed by atoms with Crippen molar-refractivity contribution in [3.63, 3.8) is 0 Å². The third kappa shape index (κ3) is 5.84. The zero-order valence-electron chi connectivity index (χ0n) is 17.6. The van der Waals surface area contributed by atoms with E-state index in [1.807, 2.05) is 30.5 Å². The number of pyridine rings is 1. The summed E-state index contributed by atoms with van der Waals surface area (Å²) in [5, 5.41) is 3.45. The normalized spacial score (nSPS) is 15.4. The van der Waals surface area contributed by atoms with Gasteiger partial charge in [0.15, 0.2) is 5.96 Å². The number of benzene rings is 1. The standard InChI is InChI=1S/C22H32N6O/c1-22(2,16-23)17-25-21(26-18-6-5-9-24-15-18)28-12-10-27(11-13-28)19-7-4-8-20(14-19)29-3/h4-9,14-15H,10-13,16-17,23H2,1-3H3,(H,25,26). The highest BCUT2D eigenvalue weighted by Crippen LogP contribution is 2.22. The number of guanidine groups is 1. The number of aromatic nitrogens is 1. The van der Waals surface area contributed by atoms with Crippen molar-refractivity contribution in [2.24, 2.45) is 16.1 Å². The summed E-state index contributed by atoms with van der Waals surface area (Å²) in [7, 11) is 1.70. The molecule has 0 unspecified atom stereocenters. The molecule has 3 N–H and O–H groups in total. The Bertz CT molecular complexity index is 800. The molecule has 29 heavy (non-hydrogen) atoms. The topological polar surface area (TPSA) is 79.0 Å².